The molecule has 5 aliphatic heterocycles. The number of aliphatic hydroxyl groups is 1. The number of likely N-dealkylation sites (tertiary alicyclic amines) is 1. The van der Waals surface area contributed by atoms with Gasteiger partial charge in [0.25, 0.3) is 0 Å². The monoisotopic (exact) mass is 1770 g/mol. The van der Waals surface area contributed by atoms with Gasteiger partial charge in [-0.05, 0) is 88.0 Å². The summed E-state index contributed by atoms with van der Waals surface area (Å²) in [5.41, 5.74) is 21.0. The first-order valence-corrected chi connectivity index (χ1v) is 43.9. The van der Waals surface area contributed by atoms with Crippen molar-refractivity contribution in [1.29, 1.82) is 0 Å². The predicted molar refractivity (Wildman–Crippen MR) is 458 cm³/mol. The quantitative estimate of drug-likeness (QED) is 0.0819. The van der Waals surface area contributed by atoms with Crippen LogP contribution in [0.2, 0.25) is 0 Å². The number of aromatic amines is 1. The van der Waals surface area contributed by atoms with Gasteiger partial charge in [-0.2, -0.15) is 0 Å². The van der Waals surface area contributed by atoms with Crippen LogP contribution in [0.5, 0.6) is 0 Å². The molecule has 6 aliphatic rings. The van der Waals surface area contributed by atoms with Gasteiger partial charge in [0, 0.05) is 92.3 Å². The lowest BCUT2D eigenvalue weighted by Gasteiger charge is -2.31. The number of hydrogen-bond donors (Lipinski definition) is 16. The number of alkyl halides is 1. The highest BCUT2D eigenvalue weighted by molar-refractivity contribution is 8.03. The number of H-pyrrole nitrogens is 1. The van der Waals surface area contributed by atoms with Crippen molar-refractivity contribution < 1.29 is 102 Å². The van der Waals surface area contributed by atoms with Crippen LogP contribution in [0.1, 0.15) is 158 Å². The second-order valence-corrected chi connectivity index (χ2v) is 35.5. The Balaban J connectivity index is 0.000000333. The van der Waals surface area contributed by atoms with Crippen molar-refractivity contribution in [2.75, 3.05) is 57.9 Å². The number of benzene rings is 2. The minimum Gasteiger partial charge on any atom is -0.480 e. The van der Waals surface area contributed by atoms with Crippen molar-refractivity contribution >= 4 is 146 Å². The number of allylic oxidation sites excluding steroid dienone is 1. The molecule has 2 bridgehead atoms. The molecule has 0 spiro atoms. The number of nitrogens with one attached hydrogen (secondary N) is 11. The van der Waals surface area contributed by atoms with Gasteiger partial charge >= 0.3 is 5.97 Å². The van der Waals surface area contributed by atoms with Gasteiger partial charge in [0.2, 0.25) is 82.7 Å². The number of carboxylic acids is 1. The Morgan fingerprint density at radius 3 is 1.84 bits per heavy atom. The Kier molecular flexibility index (Phi) is 37.3. The molecule has 19 N–H and O–H groups in total. The van der Waals surface area contributed by atoms with Crippen LogP contribution in [-0.4, -0.2) is 249 Å². The Hall–Kier alpha value is -10.7. The van der Waals surface area contributed by atoms with E-state index in [0.29, 0.717) is 58.7 Å². The smallest absolute Gasteiger partial charge is 0.326 e. The second-order valence-electron chi connectivity index (χ2n) is 33.3. The first kappa shape index (κ1) is 98.8. The molecule has 2 saturated heterocycles. The molecule has 36 nitrogen and oxygen atoms in total. The number of hydrogen-bond acceptors (Lipinski definition) is 22. The maximum Gasteiger partial charge on any atom is 0.326 e. The summed E-state index contributed by atoms with van der Waals surface area (Å²) in [4.78, 5) is 250. The van der Waals surface area contributed by atoms with E-state index in [1.807, 2.05) is 90.9 Å². The van der Waals surface area contributed by atoms with E-state index < -0.39 is 231 Å². The van der Waals surface area contributed by atoms with E-state index in [1.165, 1.54) is 16.7 Å². The number of amides is 14. The molecule has 17 atom stereocenters. The summed E-state index contributed by atoms with van der Waals surface area (Å²) < 4.78 is 15.5. The van der Waals surface area contributed by atoms with Crippen LogP contribution in [0, 0.1) is 53.3 Å². The van der Waals surface area contributed by atoms with Crippen LogP contribution in [0.3, 0.4) is 0 Å². The zero-order chi connectivity index (χ0) is 92.5. The van der Waals surface area contributed by atoms with Crippen LogP contribution in [-0.2, 0) is 99.1 Å². The third kappa shape index (κ3) is 27.2. The van der Waals surface area contributed by atoms with E-state index in [4.69, 9.17) is 18.6 Å². The number of para-hydroxylation sites is 1. The number of β-amino-alcohol motifs (C(OH)–C–C–N with tert-alkyl or cyclic N) is 1. The van der Waals surface area contributed by atoms with E-state index >= 15 is 0 Å². The average Bonchev–Trinajstić information content (AvgIpc) is 1.67. The third-order valence-electron chi connectivity index (χ3n) is 24.1. The van der Waals surface area contributed by atoms with Crippen LogP contribution < -0.4 is 70.4 Å². The number of primary amides is 2. The molecule has 0 saturated carbocycles. The fraction of sp³-hybridized carbons (Fsp3) is 0.600. The molecule has 5 unspecified atom stereocenters. The number of thioether (sulfide) groups is 2. The molecule has 39 heteroatoms. The number of aliphatic hydroxyl groups excluding tert-OH is 1. The van der Waals surface area contributed by atoms with Gasteiger partial charge < -0.3 is 95.4 Å². The Bertz CT molecular complexity index is 4530. The number of carbonyl (C=O) groups excluding carboxylic acids is 17. The van der Waals surface area contributed by atoms with Crippen molar-refractivity contribution in [3.63, 3.8) is 0 Å². The number of ketones is 3. The molecular formula is C85H121FN16O20S2. The second kappa shape index (κ2) is 46.9. The summed E-state index contributed by atoms with van der Waals surface area (Å²) in [6.45, 7) is 16.1. The molecule has 2 aromatic carbocycles. The first-order valence-electron chi connectivity index (χ1n) is 42.6. The van der Waals surface area contributed by atoms with Gasteiger partial charge in [-0.3, -0.25) is 85.9 Å². The molecule has 9 rings (SSSR count). The number of Topliss-reactive ketones (excluding diaryl/α,β-unsaturated/α-hetero) is 3. The van der Waals surface area contributed by atoms with Crippen molar-refractivity contribution in [1.82, 2.24) is 68.0 Å². The molecule has 680 valence electrons. The molecule has 0 radical (unpaired) electrons. The first-order chi connectivity index (χ1) is 59.1. The highest BCUT2D eigenvalue weighted by Crippen LogP contribution is 2.42. The SMILES string of the molecule is CC[C@H](C)[C@@H]1NC(=O)CNC(=O)C2CC(=O)C([C@@H](C)C(C)C)CC(=O)C3CCCN3C(=O)[C@H](CC(N)=O)CC(=O)C(CSc3[nH]c4ccccc4c3C2)NC(=O)CNC1=O.CC[C@H](C)[C@@H]1NC(=O)CNC(=O)[C@H](NC(=O)[C@@H](N)C(C)C(C)C)CC2=C(Cc3ccccc32)SC[C@H](C(=O)N[C@@H](CC(N)=O)C(=O)N2C[C@H](O)C[C@H]2C(=O)O)NC(=O)CNC1=O.[2H]CF. The van der Waals surface area contributed by atoms with Crippen LogP contribution in [0.25, 0.3) is 16.5 Å². The van der Waals surface area contributed by atoms with Crippen LogP contribution in [0.15, 0.2) is 58.5 Å². The van der Waals surface area contributed by atoms with Gasteiger partial charge in [0.05, 0.1) is 76.3 Å². The molecule has 1 aromatic heterocycles. The molecule has 2 fully saturated rings. The number of halogens is 1. The van der Waals surface area contributed by atoms with E-state index in [2.05, 4.69) is 58.2 Å². The predicted octanol–water partition coefficient (Wildman–Crippen LogP) is 0.398. The fourth-order valence-corrected chi connectivity index (χ4v) is 18.2. The summed E-state index contributed by atoms with van der Waals surface area (Å²) >= 11 is 2.34. The highest BCUT2D eigenvalue weighted by atomic mass is 32.2. The number of carboxylic acid groups (broad SMARTS) is 1. The van der Waals surface area contributed by atoms with Gasteiger partial charge in [-0.15, -0.1) is 23.5 Å². The number of fused-ring (bicyclic) bond motifs is 7. The number of aliphatic carboxylic acids is 1. The van der Waals surface area contributed by atoms with Crippen LogP contribution in [0.4, 0.5) is 4.39 Å². The average molecular weight is 1770 g/mol. The zero-order valence-electron chi connectivity index (χ0n) is 72.7. The molecule has 14 amide bonds. The Morgan fingerprint density at radius 2 is 1.25 bits per heavy atom. The standard InChI is InChI=1S/C43H59N7O9S.C41H59N9O11S.CH3F/c1-6-23(4)39-41(58)46-19-37(55)47-31-21-60-42-29(27-10-7-8-11-30(27)48-42)14-25(40(57)45-20-38(56)49-39)15-33(51)28(24(5)22(2)3)18-35(53)32-12-9-13-50(32)43(59)26(16-34(31)52)17-36(44)54;1-6-20(4)35-39(58)45-15-32(53)46-28(37(56)48-27(14-31(42)52)40(59)50-17-23(51)12-29(50)41(60)61)18-62-30-11-22-9-7-8-10-24(22)25(30)13-26(36(55)44-16-33(54)49-35)47-38(57)34(43)21(5)19(2)3;1-2/h7-8,10-11,22-26,28,31-32,39,48H,6,9,12-21H2,1-5H3,(H2,44,54)(H,45,57)(H,46,58)(H,47,55)(H,49,56);7-10,19-21,23,26-29,34-35,51H,6,11-18,43H2,1-5H3,(H2,42,52)(H,44,55)(H,45,58)(H,46,53)(H,47,57)(H,48,56)(H,49,54)(H,60,61);1H3/t23-,24-,25?,26-,28?,31?,32?,39-;20-,21?,23+,26+,27-,28+,29-,34-,35-;/m00./s1/i;;1D. The minimum atomic E-state index is -1.68. The van der Waals surface area contributed by atoms with Crippen molar-refractivity contribution in [2.24, 2.45) is 70.5 Å². The van der Waals surface area contributed by atoms with Crippen LogP contribution >= 0.6 is 23.5 Å². The summed E-state index contributed by atoms with van der Waals surface area (Å²) in [5.74, 6) is -17.8. The number of rotatable bonds is 18. The van der Waals surface area contributed by atoms with Crippen molar-refractivity contribution in [3.05, 3.63) is 70.1 Å². The molecular weight excluding hydrogens is 1650 g/mol. The minimum absolute atomic E-state index is 0.0274. The highest BCUT2D eigenvalue weighted by Gasteiger charge is 2.46. The molecule has 1 aliphatic carbocycles. The molecule has 3 aromatic rings. The van der Waals surface area contributed by atoms with E-state index in [1.54, 1.807) is 26.8 Å². The Labute approximate surface area is 729 Å². The lowest BCUT2D eigenvalue weighted by molar-refractivity contribution is -0.149. The molecule has 6 heterocycles. The number of aromatic nitrogens is 1. The lowest BCUT2D eigenvalue weighted by atomic mass is 9.76. The summed E-state index contributed by atoms with van der Waals surface area (Å²) in [6.07, 6.45) is -1.59. The van der Waals surface area contributed by atoms with Crippen molar-refractivity contribution in [2.45, 2.75) is 218 Å². The van der Waals surface area contributed by atoms with E-state index in [0.717, 1.165) is 33.2 Å². The summed E-state index contributed by atoms with van der Waals surface area (Å²) in [6, 6.07) is 3.55. The van der Waals surface area contributed by atoms with E-state index in [-0.39, 0.29) is 97.9 Å². The number of carbonyl (C=O) groups is 18. The topological polar surface area (TPSA) is 568 Å². The summed E-state index contributed by atoms with van der Waals surface area (Å²) in [7, 11) is -1.00. The zero-order valence-corrected chi connectivity index (χ0v) is 73.3. The number of nitrogens with zero attached hydrogens (tertiary/aromatic N) is 2. The third-order valence-corrected chi connectivity index (χ3v) is 26.5. The Morgan fingerprint density at radius 1 is 0.669 bits per heavy atom. The molecule has 124 heavy (non-hydrogen) atoms. The fourth-order valence-electron chi connectivity index (χ4n) is 15.8. The largest absolute Gasteiger partial charge is 0.480 e. The van der Waals surface area contributed by atoms with Gasteiger partial charge in [-0.25, -0.2) is 4.79 Å². The van der Waals surface area contributed by atoms with Gasteiger partial charge in [0.1, 0.15) is 42.0 Å². The lowest BCUT2D eigenvalue weighted by Crippen LogP contribution is -2.58. The maximum absolute atomic E-state index is 14.6. The maximum atomic E-state index is 14.6. The normalized spacial score (nSPS) is 25.6. The number of nitrogens with two attached hydrogens (primary N) is 3. The van der Waals surface area contributed by atoms with E-state index in [9.17, 15) is 101 Å². The summed E-state index contributed by atoms with van der Waals surface area (Å²) in [5, 5.41) is 47.3. The van der Waals surface area contributed by atoms with Gasteiger partial charge in [-0.1, -0.05) is 125 Å². The van der Waals surface area contributed by atoms with Crippen molar-refractivity contribution in [3.8, 4) is 0 Å². The van der Waals surface area contributed by atoms with Gasteiger partial charge in [0.15, 0.2) is 11.6 Å².